The molecule has 2 aliphatic rings. The normalized spacial score (nSPS) is 19.6. The number of carbonyl (C=O) groups is 3. The van der Waals surface area contributed by atoms with E-state index in [0.29, 0.717) is 44.6 Å². The molecule has 0 spiro atoms. The first-order valence-electron chi connectivity index (χ1n) is 14.7. The third kappa shape index (κ3) is 7.86. The molecule has 4 rings (SSSR count). The maximum Gasteiger partial charge on any atom is 0.251 e. The quantitative estimate of drug-likeness (QED) is 0.300. The number of unbranched alkanes of at least 4 members (excludes halogenated alkanes) is 3. The van der Waals surface area contributed by atoms with Crippen LogP contribution in [0.5, 0.6) is 0 Å². The van der Waals surface area contributed by atoms with E-state index in [-0.39, 0.29) is 30.2 Å². The zero-order chi connectivity index (χ0) is 30.1. The fraction of sp³-hybridized carbons (Fsp3) is 0.533. The summed E-state index contributed by atoms with van der Waals surface area (Å²) in [4.78, 5) is 44.8. The highest BCUT2D eigenvalue weighted by Crippen LogP contribution is 2.36. The highest BCUT2D eigenvalue weighted by molar-refractivity contribution is 7.90. The van der Waals surface area contributed by atoms with Crippen LogP contribution in [0, 0.1) is 5.92 Å². The van der Waals surface area contributed by atoms with Crippen molar-refractivity contribution in [3.05, 3.63) is 59.9 Å². The molecule has 3 N–H and O–H groups in total. The topological polar surface area (TPSA) is 141 Å². The Balaban J connectivity index is 1.10. The second kappa shape index (κ2) is 14.6. The highest BCUT2D eigenvalue weighted by atomic mass is 32.2. The van der Waals surface area contributed by atoms with Gasteiger partial charge in [-0.1, -0.05) is 18.9 Å². The van der Waals surface area contributed by atoms with Gasteiger partial charge >= 0.3 is 0 Å². The van der Waals surface area contributed by atoms with E-state index < -0.39 is 21.2 Å². The molecule has 0 unspecified atom stereocenters. The van der Waals surface area contributed by atoms with E-state index in [1.165, 1.54) is 0 Å². The number of aromatic nitrogens is 1. The van der Waals surface area contributed by atoms with Crippen molar-refractivity contribution in [1.29, 1.82) is 0 Å². The average Bonchev–Trinajstić information content (AvgIpc) is 3.32. The van der Waals surface area contributed by atoms with E-state index in [2.05, 4.69) is 25.2 Å². The Bertz CT molecular complexity index is 1310. The summed E-state index contributed by atoms with van der Waals surface area (Å²) in [5.74, 6) is -0.750. The first kappa shape index (κ1) is 31.4. The lowest BCUT2D eigenvalue weighted by atomic mass is 9.94. The van der Waals surface area contributed by atoms with E-state index in [1.54, 1.807) is 43.5 Å². The van der Waals surface area contributed by atoms with E-state index >= 15 is 0 Å². The van der Waals surface area contributed by atoms with Crippen LogP contribution in [0.1, 0.15) is 66.9 Å². The van der Waals surface area contributed by atoms with Gasteiger partial charge in [0.1, 0.15) is 0 Å². The predicted molar refractivity (Wildman–Crippen MR) is 161 cm³/mol. The Morgan fingerprint density at radius 3 is 2.33 bits per heavy atom. The van der Waals surface area contributed by atoms with Crippen LogP contribution in [0.25, 0.3) is 0 Å². The molecule has 2 fully saturated rings. The molecule has 1 aromatic carbocycles. The SMILES string of the molecule is CNC(=O)c1ccc(N2CCC(S(=O)(=O)NCCCCCCNC(=O)[C@H]3CC(=O)N(C)[C@@H]3c3cccnc3)CC2)cc1. The standard InChI is InChI=1S/C30H42N6O5S/c1-31-29(38)22-9-11-24(12-10-22)36-18-13-25(14-19-36)42(40,41)34-17-6-4-3-5-16-33-30(39)26-20-27(37)35(2)28(26)23-8-7-15-32-21-23/h7-12,15,21,25-26,28,34H,3-6,13-14,16-20H2,1-2H3,(H,31,38)(H,33,39)/t26-,28+/m0/s1. The van der Waals surface area contributed by atoms with Gasteiger partial charge in [0, 0.05) is 70.3 Å². The van der Waals surface area contributed by atoms with Crippen molar-refractivity contribution in [2.24, 2.45) is 5.92 Å². The number of carbonyl (C=O) groups excluding carboxylic acids is 3. The molecule has 2 saturated heterocycles. The fourth-order valence-corrected chi connectivity index (χ4v) is 7.28. The van der Waals surface area contributed by atoms with Gasteiger partial charge in [-0.05, 0) is 61.6 Å². The van der Waals surface area contributed by atoms with Gasteiger partial charge in [-0.3, -0.25) is 19.4 Å². The largest absolute Gasteiger partial charge is 0.371 e. The summed E-state index contributed by atoms with van der Waals surface area (Å²) in [7, 11) is -0.0689. The van der Waals surface area contributed by atoms with Crippen molar-refractivity contribution in [2.45, 2.75) is 56.2 Å². The Labute approximate surface area is 248 Å². The number of benzene rings is 1. The molecule has 12 heteroatoms. The lowest BCUT2D eigenvalue weighted by Crippen LogP contribution is -2.43. The molecule has 2 aromatic rings. The molecule has 3 heterocycles. The maximum atomic E-state index is 12.9. The molecular weight excluding hydrogens is 556 g/mol. The minimum atomic E-state index is -3.39. The zero-order valence-corrected chi connectivity index (χ0v) is 25.2. The van der Waals surface area contributed by atoms with Crippen molar-refractivity contribution in [1.82, 2.24) is 25.2 Å². The number of piperidine rings is 1. The number of anilines is 1. The monoisotopic (exact) mass is 598 g/mol. The van der Waals surface area contributed by atoms with Gasteiger partial charge in [-0.15, -0.1) is 0 Å². The van der Waals surface area contributed by atoms with Crippen molar-refractivity contribution in [2.75, 3.05) is 45.2 Å². The van der Waals surface area contributed by atoms with Gasteiger partial charge in [0.25, 0.3) is 5.91 Å². The first-order chi connectivity index (χ1) is 20.2. The molecule has 0 bridgehead atoms. The number of nitrogens with one attached hydrogen (secondary N) is 3. The van der Waals surface area contributed by atoms with Crippen molar-refractivity contribution in [3.8, 4) is 0 Å². The smallest absolute Gasteiger partial charge is 0.251 e. The number of amides is 3. The maximum absolute atomic E-state index is 12.9. The lowest BCUT2D eigenvalue weighted by Gasteiger charge is -2.33. The molecule has 0 aliphatic carbocycles. The predicted octanol–water partition coefficient (Wildman–Crippen LogP) is 2.23. The number of hydrogen-bond acceptors (Lipinski definition) is 7. The van der Waals surface area contributed by atoms with Crippen LogP contribution in [0.3, 0.4) is 0 Å². The molecule has 3 amide bonds. The van der Waals surface area contributed by atoms with Crippen LogP contribution in [-0.4, -0.2) is 81.5 Å². The number of hydrogen-bond donors (Lipinski definition) is 3. The molecule has 2 aliphatic heterocycles. The number of rotatable bonds is 13. The van der Waals surface area contributed by atoms with Crippen LogP contribution in [-0.2, 0) is 19.6 Å². The van der Waals surface area contributed by atoms with Crippen molar-refractivity contribution >= 4 is 33.4 Å². The zero-order valence-electron chi connectivity index (χ0n) is 24.4. The first-order valence-corrected chi connectivity index (χ1v) is 16.2. The van der Waals surface area contributed by atoms with Gasteiger partial charge < -0.3 is 20.4 Å². The van der Waals surface area contributed by atoms with Crippen LogP contribution in [0.4, 0.5) is 5.69 Å². The molecular formula is C30H42N6O5S. The van der Waals surface area contributed by atoms with E-state index in [9.17, 15) is 22.8 Å². The van der Waals surface area contributed by atoms with Gasteiger partial charge in [0.15, 0.2) is 0 Å². The Hall–Kier alpha value is -3.51. The summed E-state index contributed by atoms with van der Waals surface area (Å²) in [6.07, 6.45) is 7.90. The summed E-state index contributed by atoms with van der Waals surface area (Å²) in [5, 5.41) is 5.17. The van der Waals surface area contributed by atoms with Gasteiger partial charge in [-0.25, -0.2) is 13.1 Å². The number of nitrogens with zero attached hydrogens (tertiary/aromatic N) is 3. The second-order valence-corrected chi connectivity index (χ2v) is 13.0. The van der Waals surface area contributed by atoms with Gasteiger partial charge in [0.05, 0.1) is 17.2 Å². The van der Waals surface area contributed by atoms with Crippen LogP contribution in [0.15, 0.2) is 48.8 Å². The number of sulfonamides is 1. The van der Waals surface area contributed by atoms with Gasteiger partial charge in [0.2, 0.25) is 21.8 Å². The Morgan fingerprint density at radius 1 is 1.00 bits per heavy atom. The number of pyridine rings is 1. The van der Waals surface area contributed by atoms with Gasteiger partial charge in [-0.2, -0.15) is 0 Å². The molecule has 1 aromatic heterocycles. The second-order valence-electron chi connectivity index (χ2n) is 11.0. The summed E-state index contributed by atoms with van der Waals surface area (Å²) < 4.78 is 28.5. The molecule has 11 nitrogen and oxygen atoms in total. The summed E-state index contributed by atoms with van der Waals surface area (Å²) in [6.45, 7) is 2.21. The van der Waals surface area contributed by atoms with Crippen molar-refractivity contribution in [3.63, 3.8) is 0 Å². The van der Waals surface area contributed by atoms with Crippen LogP contribution >= 0.6 is 0 Å². The average molecular weight is 599 g/mol. The Morgan fingerprint density at radius 2 is 1.69 bits per heavy atom. The summed E-state index contributed by atoms with van der Waals surface area (Å²) >= 11 is 0. The van der Waals surface area contributed by atoms with Crippen LogP contribution in [0.2, 0.25) is 0 Å². The van der Waals surface area contributed by atoms with E-state index in [1.807, 2.05) is 24.3 Å². The minimum Gasteiger partial charge on any atom is -0.371 e. The van der Waals surface area contributed by atoms with Crippen LogP contribution < -0.4 is 20.3 Å². The molecule has 2 atom stereocenters. The number of likely N-dealkylation sites (tertiary alicyclic amines) is 1. The lowest BCUT2D eigenvalue weighted by molar-refractivity contribution is -0.128. The van der Waals surface area contributed by atoms with Crippen molar-refractivity contribution < 1.29 is 22.8 Å². The summed E-state index contributed by atoms with van der Waals surface area (Å²) in [6, 6.07) is 10.7. The fourth-order valence-electron chi connectivity index (χ4n) is 5.78. The molecule has 228 valence electrons. The third-order valence-corrected chi connectivity index (χ3v) is 10.2. The molecule has 0 saturated carbocycles. The minimum absolute atomic E-state index is 0.0502. The highest BCUT2D eigenvalue weighted by Gasteiger charge is 2.42. The third-order valence-electron chi connectivity index (χ3n) is 8.26. The van der Waals surface area contributed by atoms with E-state index in [0.717, 1.165) is 36.9 Å². The molecule has 42 heavy (non-hydrogen) atoms. The van der Waals surface area contributed by atoms with E-state index in [4.69, 9.17) is 0 Å². The summed E-state index contributed by atoms with van der Waals surface area (Å²) in [5.41, 5.74) is 2.44. The Kier molecular flexibility index (Phi) is 10.9. The molecule has 0 radical (unpaired) electrons.